The van der Waals surface area contributed by atoms with Crippen LogP contribution in [0.25, 0.3) is 0 Å². The zero-order chi connectivity index (χ0) is 14.0. The second-order valence-corrected chi connectivity index (χ2v) is 8.51. The average molecular weight is 266 g/mol. The van der Waals surface area contributed by atoms with E-state index in [0.717, 1.165) is 11.7 Å². The van der Waals surface area contributed by atoms with Gasteiger partial charge in [0, 0.05) is 6.16 Å². The fourth-order valence-corrected chi connectivity index (χ4v) is 2.98. The lowest BCUT2D eigenvalue weighted by Crippen LogP contribution is -1.90. The summed E-state index contributed by atoms with van der Waals surface area (Å²) < 4.78 is 11.3. The summed E-state index contributed by atoms with van der Waals surface area (Å²) in [5.41, 5.74) is 2.47. The molecule has 1 unspecified atom stereocenters. The minimum Gasteiger partial charge on any atom is -0.324 e. The van der Waals surface area contributed by atoms with Crippen molar-refractivity contribution in [3.63, 3.8) is 0 Å². The van der Waals surface area contributed by atoms with Gasteiger partial charge in [0.1, 0.15) is 0 Å². The first kappa shape index (κ1) is 17.2. The summed E-state index contributed by atoms with van der Waals surface area (Å²) in [4.78, 5) is 0. The SMILES string of the molecule is C=C(C)CP(C)(=O)CC.CCCc1ccccc1. The van der Waals surface area contributed by atoms with Crippen LogP contribution >= 0.6 is 7.14 Å². The highest BCUT2D eigenvalue weighted by Gasteiger charge is 2.10. The highest BCUT2D eigenvalue weighted by atomic mass is 31.2. The van der Waals surface area contributed by atoms with Gasteiger partial charge >= 0.3 is 0 Å². The fraction of sp³-hybridized carbons (Fsp3) is 0.500. The average Bonchev–Trinajstić information content (AvgIpc) is 2.30. The van der Waals surface area contributed by atoms with Gasteiger partial charge in [-0.15, -0.1) is 0 Å². The summed E-state index contributed by atoms with van der Waals surface area (Å²) >= 11 is 0. The van der Waals surface area contributed by atoms with Gasteiger partial charge in [-0.2, -0.15) is 0 Å². The molecule has 0 aliphatic carbocycles. The molecule has 0 radical (unpaired) electrons. The van der Waals surface area contributed by atoms with Crippen LogP contribution in [0.4, 0.5) is 0 Å². The Balaban J connectivity index is 0.000000321. The van der Waals surface area contributed by atoms with Crippen molar-refractivity contribution in [1.82, 2.24) is 0 Å². The molecular weight excluding hydrogens is 239 g/mol. The van der Waals surface area contributed by atoms with Gasteiger partial charge in [-0.25, -0.2) is 0 Å². The summed E-state index contributed by atoms with van der Waals surface area (Å²) in [6.07, 6.45) is 3.95. The van der Waals surface area contributed by atoms with E-state index in [0.29, 0.717) is 6.16 Å². The van der Waals surface area contributed by atoms with E-state index in [1.807, 2.05) is 20.5 Å². The molecule has 0 amide bonds. The first-order chi connectivity index (χ1) is 8.41. The third-order valence-corrected chi connectivity index (χ3v) is 5.20. The van der Waals surface area contributed by atoms with Crippen LogP contribution < -0.4 is 0 Å². The smallest absolute Gasteiger partial charge is 0.0884 e. The van der Waals surface area contributed by atoms with Crippen LogP contribution in [0.15, 0.2) is 42.5 Å². The van der Waals surface area contributed by atoms with Crippen LogP contribution in [0, 0.1) is 0 Å². The molecule has 1 aromatic rings. The zero-order valence-corrected chi connectivity index (χ0v) is 13.2. The monoisotopic (exact) mass is 266 g/mol. The van der Waals surface area contributed by atoms with Crippen LogP contribution in [0.2, 0.25) is 0 Å². The molecule has 0 bridgehead atoms. The van der Waals surface area contributed by atoms with E-state index in [4.69, 9.17) is 0 Å². The predicted molar refractivity (Wildman–Crippen MR) is 84.2 cm³/mol. The molecule has 102 valence electrons. The Morgan fingerprint density at radius 2 is 1.78 bits per heavy atom. The Kier molecular flexibility index (Phi) is 8.75. The van der Waals surface area contributed by atoms with Crippen molar-refractivity contribution < 1.29 is 4.57 Å². The molecule has 0 aliphatic rings. The van der Waals surface area contributed by atoms with Crippen molar-refractivity contribution in [2.45, 2.75) is 33.6 Å². The van der Waals surface area contributed by atoms with Crippen LogP contribution in [0.3, 0.4) is 0 Å². The molecule has 0 spiro atoms. The molecule has 0 saturated carbocycles. The molecule has 1 atom stereocenters. The fourth-order valence-electron chi connectivity index (χ4n) is 1.62. The molecule has 18 heavy (non-hydrogen) atoms. The molecule has 1 nitrogen and oxygen atoms in total. The minimum atomic E-state index is -1.83. The zero-order valence-electron chi connectivity index (χ0n) is 12.3. The maximum Gasteiger partial charge on any atom is 0.0884 e. The second kappa shape index (κ2) is 9.16. The van der Waals surface area contributed by atoms with Crippen molar-refractivity contribution in [2.24, 2.45) is 0 Å². The van der Waals surface area contributed by atoms with Crippen LogP contribution in [0.5, 0.6) is 0 Å². The lowest BCUT2D eigenvalue weighted by Gasteiger charge is -2.08. The number of aryl methyl sites for hydroxylation is 1. The predicted octanol–water partition coefficient (Wildman–Crippen LogP) is 5.21. The first-order valence-electron chi connectivity index (χ1n) is 6.65. The van der Waals surface area contributed by atoms with E-state index < -0.39 is 7.14 Å². The maximum atomic E-state index is 11.3. The highest BCUT2D eigenvalue weighted by Crippen LogP contribution is 2.41. The minimum absolute atomic E-state index is 0.712. The van der Waals surface area contributed by atoms with Gasteiger partial charge in [-0.1, -0.05) is 62.8 Å². The van der Waals surface area contributed by atoms with Gasteiger partial charge in [-0.05, 0) is 31.7 Å². The van der Waals surface area contributed by atoms with E-state index in [9.17, 15) is 4.57 Å². The third kappa shape index (κ3) is 9.24. The molecule has 0 saturated heterocycles. The number of benzene rings is 1. The van der Waals surface area contributed by atoms with Gasteiger partial charge in [0.15, 0.2) is 0 Å². The van der Waals surface area contributed by atoms with Crippen LogP contribution in [-0.4, -0.2) is 19.0 Å². The summed E-state index contributed by atoms with van der Waals surface area (Å²) in [6.45, 7) is 11.6. The van der Waals surface area contributed by atoms with E-state index >= 15 is 0 Å². The van der Waals surface area contributed by atoms with E-state index in [2.05, 4.69) is 43.8 Å². The Morgan fingerprint density at radius 3 is 2.11 bits per heavy atom. The molecule has 0 aliphatic heterocycles. The summed E-state index contributed by atoms with van der Waals surface area (Å²) in [5.74, 6) is 0. The molecule has 0 N–H and O–H groups in total. The number of allylic oxidation sites excluding steroid dienone is 1. The Bertz CT molecular complexity index is 381. The summed E-state index contributed by atoms with van der Waals surface area (Å²) in [6, 6.07) is 10.6. The van der Waals surface area contributed by atoms with Gasteiger partial charge in [0.25, 0.3) is 0 Å². The van der Waals surface area contributed by atoms with E-state index in [1.54, 1.807) is 0 Å². The highest BCUT2D eigenvalue weighted by molar-refractivity contribution is 7.63. The van der Waals surface area contributed by atoms with Gasteiger partial charge < -0.3 is 4.57 Å². The van der Waals surface area contributed by atoms with E-state index in [1.165, 1.54) is 18.4 Å². The van der Waals surface area contributed by atoms with Crippen molar-refractivity contribution >= 4 is 7.14 Å². The molecule has 1 aromatic carbocycles. The van der Waals surface area contributed by atoms with Crippen molar-refractivity contribution in [1.29, 1.82) is 0 Å². The summed E-state index contributed by atoms with van der Waals surface area (Å²) in [7, 11) is -1.83. The Labute approximate surface area is 113 Å². The Morgan fingerprint density at radius 1 is 1.22 bits per heavy atom. The molecule has 0 fully saturated rings. The van der Waals surface area contributed by atoms with Crippen LogP contribution in [0.1, 0.15) is 32.8 Å². The third-order valence-electron chi connectivity index (χ3n) is 2.65. The van der Waals surface area contributed by atoms with E-state index in [-0.39, 0.29) is 0 Å². The normalized spacial score (nSPS) is 13.1. The lowest BCUT2D eigenvalue weighted by atomic mass is 10.1. The number of hydrogen-bond acceptors (Lipinski definition) is 1. The largest absolute Gasteiger partial charge is 0.324 e. The lowest BCUT2D eigenvalue weighted by molar-refractivity contribution is 0.580. The first-order valence-corrected chi connectivity index (χ1v) is 9.17. The van der Waals surface area contributed by atoms with Crippen molar-refractivity contribution in [2.75, 3.05) is 19.0 Å². The van der Waals surface area contributed by atoms with Crippen molar-refractivity contribution in [3.8, 4) is 0 Å². The van der Waals surface area contributed by atoms with Crippen LogP contribution in [-0.2, 0) is 11.0 Å². The topological polar surface area (TPSA) is 17.1 Å². The van der Waals surface area contributed by atoms with Gasteiger partial charge in [-0.3, -0.25) is 0 Å². The molecule has 1 rings (SSSR count). The molecule has 2 heteroatoms. The standard InChI is InChI=1S/C9H12.C7H15OP/c1-2-6-9-7-4-3-5-8-9;1-5-9(4,8)6-7(2)3/h3-5,7-8H,2,6H2,1H3;2,5-6H2,1,3-4H3. The molecule has 0 aromatic heterocycles. The molecular formula is C16H27OP. The quantitative estimate of drug-likeness (QED) is 0.528. The van der Waals surface area contributed by atoms with Crippen molar-refractivity contribution in [3.05, 3.63) is 48.0 Å². The number of rotatable bonds is 5. The number of hydrogen-bond donors (Lipinski definition) is 0. The Hall–Kier alpha value is -0.810. The van der Waals surface area contributed by atoms with Gasteiger partial charge in [0.2, 0.25) is 0 Å². The van der Waals surface area contributed by atoms with Gasteiger partial charge in [0.05, 0.1) is 7.14 Å². The summed E-state index contributed by atoms with van der Waals surface area (Å²) in [5, 5.41) is 0. The maximum absolute atomic E-state index is 11.3. The second-order valence-electron chi connectivity index (χ2n) is 4.96. The molecule has 0 heterocycles.